The van der Waals surface area contributed by atoms with Gasteiger partial charge < -0.3 is 9.47 Å². The number of hydrogen-bond donors (Lipinski definition) is 0. The molecule has 10 heteroatoms. The molecule has 1 aromatic carbocycles. The standard InChI is InChI=1S/C14H15BrClFN2O4S/c1-19-14(24(3,20)21)12(15)13(18-19)8-6-11(23-5-4-22-2)9(16)7-10(8)17/h6-7H,4-5H2,1-3H3. The van der Waals surface area contributed by atoms with Crippen LogP contribution >= 0.6 is 27.5 Å². The Kier molecular flexibility index (Phi) is 5.90. The lowest BCUT2D eigenvalue weighted by atomic mass is 10.1. The zero-order valence-electron chi connectivity index (χ0n) is 13.1. The monoisotopic (exact) mass is 440 g/mol. The number of methoxy groups -OCH3 is 1. The molecule has 0 unspecified atom stereocenters. The van der Waals surface area contributed by atoms with Crippen molar-refractivity contribution in [1.29, 1.82) is 0 Å². The second-order valence-electron chi connectivity index (χ2n) is 4.97. The topological polar surface area (TPSA) is 70.4 Å². The molecule has 132 valence electrons. The van der Waals surface area contributed by atoms with Crippen LogP contribution in [0.3, 0.4) is 0 Å². The summed E-state index contributed by atoms with van der Waals surface area (Å²) in [7, 11) is -0.549. The van der Waals surface area contributed by atoms with E-state index in [2.05, 4.69) is 21.0 Å². The van der Waals surface area contributed by atoms with Crippen molar-refractivity contribution in [3.05, 3.63) is 27.4 Å². The molecular weight excluding hydrogens is 427 g/mol. The molecule has 0 saturated carbocycles. The number of ether oxygens (including phenoxy) is 2. The maximum atomic E-state index is 14.3. The van der Waals surface area contributed by atoms with Gasteiger partial charge in [0.2, 0.25) is 0 Å². The van der Waals surface area contributed by atoms with Gasteiger partial charge in [-0.3, -0.25) is 4.68 Å². The van der Waals surface area contributed by atoms with Crippen molar-refractivity contribution in [2.45, 2.75) is 5.03 Å². The van der Waals surface area contributed by atoms with Crippen LogP contribution in [0.5, 0.6) is 5.75 Å². The molecule has 0 aliphatic heterocycles. The van der Waals surface area contributed by atoms with E-state index in [9.17, 15) is 12.8 Å². The Morgan fingerprint density at radius 1 is 1.38 bits per heavy atom. The van der Waals surface area contributed by atoms with Crippen LogP contribution in [0.4, 0.5) is 4.39 Å². The predicted octanol–water partition coefficient (Wildman–Crippen LogP) is 3.07. The number of nitrogens with zero attached hydrogens (tertiary/aromatic N) is 2. The molecule has 2 rings (SSSR count). The second kappa shape index (κ2) is 7.38. The number of benzene rings is 1. The van der Waals surface area contributed by atoms with Crippen molar-refractivity contribution in [3.63, 3.8) is 0 Å². The highest BCUT2D eigenvalue weighted by molar-refractivity contribution is 9.10. The lowest BCUT2D eigenvalue weighted by Crippen LogP contribution is -2.05. The molecule has 0 amide bonds. The Bertz CT molecular complexity index is 870. The lowest BCUT2D eigenvalue weighted by Gasteiger charge is -2.10. The number of aryl methyl sites for hydroxylation is 1. The fourth-order valence-electron chi connectivity index (χ4n) is 2.11. The zero-order valence-corrected chi connectivity index (χ0v) is 16.3. The predicted molar refractivity (Wildman–Crippen MR) is 91.8 cm³/mol. The summed E-state index contributed by atoms with van der Waals surface area (Å²) >= 11 is 9.17. The summed E-state index contributed by atoms with van der Waals surface area (Å²) < 4.78 is 49.7. The van der Waals surface area contributed by atoms with Gasteiger partial charge in [-0.1, -0.05) is 11.6 Å². The van der Waals surface area contributed by atoms with Gasteiger partial charge in [0.05, 0.1) is 16.1 Å². The van der Waals surface area contributed by atoms with Crippen LogP contribution in [0.1, 0.15) is 0 Å². The first-order valence-corrected chi connectivity index (χ1v) is 9.76. The molecule has 0 fully saturated rings. The highest BCUT2D eigenvalue weighted by atomic mass is 79.9. The maximum Gasteiger partial charge on any atom is 0.193 e. The molecule has 0 aliphatic rings. The van der Waals surface area contributed by atoms with E-state index in [1.54, 1.807) is 0 Å². The van der Waals surface area contributed by atoms with E-state index in [0.29, 0.717) is 6.61 Å². The summed E-state index contributed by atoms with van der Waals surface area (Å²) in [4.78, 5) is 0. The lowest BCUT2D eigenvalue weighted by molar-refractivity contribution is 0.146. The molecular formula is C14H15BrClFN2O4S. The van der Waals surface area contributed by atoms with E-state index in [-0.39, 0.29) is 38.1 Å². The van der Waals surface area contributed by atoms with Crippen molar-refractivity contribution in [3.8, 4) is 17.0 Å². The molecule has 0 N–H and O–H groups in total. The van der Waals surface area contributed by atoms with Crippen LogP contribution in [0, 0.1) is 5.82 Å². The summed E-state index contributed by atoms with van der Waals surface area (Å²) in [6.07, 6.45) is 1.05. The summed E-state index contributed by atoms with van der Waals surface area (Å²) in [5.74, 6) is -0.387. The van der Waals surface area contributed by atoms with Crippen LogP contribution in [0.25, 0.3) is 11.3 Å². The normalized spacial score (nSPS) is 11.8. The molecule has 1 aromatic heterocycles. The minimum Gasteiger partial charge on any atom is -0.490 e. The molecule has 0 radical (unpaired) electrons. The molecule has 0 saturated heterocycles. The van der Waals surface area contributed by atoms with Crippen molar-refractivity contribution < 1.29 is 22.3 Å². The smallest absolute Gasteiger partial charge is 0.193 e. The van der Waals surface area contributed by atoms with Gasteiger partial charge in [-0.05, 0) is 28.1 Å². The molecule has 0 spiro atoms. The Morgan fingerprint density at radius 3 is 2.58 bits per heavy atom. The third-order valence-electron chi connectivity index (χ3n) is 3.11. The van der Waals surface area contributed by atoms with E-state index < -0.39 is 15.7 Å². The maximum absolute atomic E-state index is 14.3. The minimum absolute atomic E-state index is 0.0475. The summed E-state index contributed by atoms with van der Waals surface area (Å²) in [6, 6.07) is 2.48. The van der Waals surface area contributed by atoms with Crippen LogP contribution in [-0.4, -0.2) is 44.8 Å². The molecule has 2 aromatic rings. The van der Waals surface area contributed by atoms with Crippen LogP contribution in [-0.2, 0) is 21.6 Å². The van der Waals surface area contributed by atoms with Gasteiger partial charge in [-0.15, -0.1) is 0 Å². The Labute approximate surface area is 152 Å². The molecule has 0 aliphatic carbocycles. The van der Waals surface area contributed by atoms with Gasteiger partial charge >= 0.3 is 0 Å². The van der Waals surface area contributed by atoms with E-state index in [4.69, 9.17) is 21.1 Å². The van der Waals surface area contributed by atoms with E-state index >= 15 is 0 Å². The number of sulfone groups is 1. The average Bonchev–Trinajstić information content (AvgIpc) is 2.76. The van der Waals surface area contributed by atoms with Crippen LogP contribution < -0.4 is 4.74 Å². The zero-order chi connectivity index (χ0) is 18.1. The Hall–Kier alpha value is -1.16. The van der Waals surface area contributed by atoms with Crippen molar-refractivity contribution in [2.75, 3.05) is 26.6 Å². The largest absolute Gasteiger partial charge is 0.490 e. The van der Waals surface area contributed by atoms with Crippen molar-refractivity contribution >= 4 is 37.4 Å². The van der Waals surface area contributed by atoms with Crippen molar-refractivity contribution in [1.82, 2.24) is 9.78 Å². The molecule has 24 heavy (non-hydrogen) atoms. The highest BCUT2D eigenvalue weighted by Gasteiger charge is 2.25. The Morgan fingerprint density at radius 2 is 2.04 bits per heavy atom. The first kappa shape index (κ1) is 19.2. The van der Waals surface area contributed by atoms with Gasteiger partial charge in [-0.25, -0.2) is 12.8 Å². The minimum atomic E-state index is -3.54. The number of aromatic nitrogens is 2. The third-order valence-corrected chi connectivity index (χ3v) is 5.59. The number of rotatable bonds is 6. The average molecular weight is 442 g/mol. The molecule has 1 heterocycles. The quantitative estimate of drug-likeness (QED) is 0.644. The fraction of sp³-hybridized carbons (Fsp3) is 0.357. The molecule has 0 bridgehead atoms. The van der Waals surface area contributed by atoms with Gasteiger partial charge in [-0.2, -0.15) is 5.10 Å². The van der Waals surface area contributed by atoms with Crippen molar-refractivity contribution in [2.24, 2.45) is 7.05 Å². The Balaban J connectivity index is 2.55. The molecule has 0 atom stereocenters. The fourth-order valence-corrected chi connectivity index (χ4v) is 4.69. The van der Waals surface area contributed by atoms with Gasteiger partial charge in [0.25, 0.3) is 0 Å². The van der Waals surface area contributed by atoms with Gasteiger partial charge in [0.1, 0.15) is 23.9 Å². The number of hydrogen-bond acceptors (Lipinski definition) is 5. The van der Waals surface area contributed by atoms with Gasteiger partial charge in [0.15, 0.2) is 14.9 Å². The summed E-state index contributed by atoms with van der Waals surface area (Å²) in [6.45, 7) is 0.577. The third kappa shape index (κ3) is 3.90. The summed E-state index contributed by atoms with van der Waals surface area (Å²) in [5, 5.41) is 4.15. The number of halogens is 3. The van der Waals surface area contributed by atoms with Crippen LogP contribution in [0.2, 0.25) is 5.02 Å². The summed E-state index contributed by atoms with van der Waals surface area (Å²) in [5.41, 5.74) is 0.216. The SMILES string of the molecule is COCCOc1cc(-c2nn(C)c(S(C)(=O)=O)c2Br)c(F)cc1Cl. The van der Waals surface area contributed by atoms with E-state index in [1.807, 2.05) is 0 Å². The van der Waals surface area contributed by atoms with E-state index in [0.717, 1.165) is 12.3 Å². The molecule has 6 nitrogen and oxygen atoms in total. The highest BCUT2D eigenvalue weighted by Crippen LogP contribution is 2.38. The second-order valence-corrected chi connectivity index (χ2v) is 8.10. The first-order valence-electron chi connectivity index (χ1n) is 6.70. The first-order chi connectivity index (χ1) is 11.2. The van der Waals surface area contributed by atoms with Crippen LogP contribution in [0.15, 0.2) is 21.6 Å². The van der Waals surface area contributed by atoms with E-state index in [1.165, 1.54) is 24.9 Å². The van der Waals surface area contributed by atoms with Gasteiger partial charge in [0, 0.05) is 26.0 Å².